The molecule has 0 bridgehead atoms. The maximum atomic E-state index is 12.1. The molecule has 0 spiro atoms. The van der Waals surface area contributed by atoms with Gasteiger partial charge in [-0.25, -0.2) is 0 Å². The average molecular weight is 356 g/mol. The largest absolute Gasteiger partial charge is 0.310 e. The van der Waals surface area contributed by atoms with E-state index >= 15 is 0 Å². The summed E-state index contributed by atoms with van der Waals surface area (Å²) in [6.45, 7) is 3.93. The van der Waals surface area contributed by atoms with E-state index in [1.807, 2.05) is 55.8 Å². The number of hydrogen-bond acceptors (Lipinski definition) is 5. The zero-order valence-electron chi connectivity index (χ0n) is 14.6. The van der Waals surface area contributed by atoms with Gasteiger partial charge in [0.05, 0.1) is 11.4 Å². The highest BCUT2D eigenvalue weighted by molar-refractivity contribution is 7.99. The van der Waals surface area contributed by atoms with Crippen molar-refractivity contribution in [2.75, 3.05) is 11.1 Å². The summed E-state index contributed by atoms with van der Waals surface area (Å²) in [5, 5.41) is 16.2. The first-order valence-corrected chi connectivity index (χ1v) is 8.82. The third-order valence-corrected chi connectivity index (χ3v) is 4.77. The van der Waals surface area contributed by atoms with Gasteiger partial charge < -0.3 is 9.88 Å². The number of benzene rings is 1. The number of amides is 1. The summed E-state index contributed by atoms with van der Waals surface area (Å²) >= 11 is 1.35. The molecular weight excluding hydrogens is 336 g/mol. The molecule has 0 aliphatic carbocycles. The predicted molar refractivity (Wildman–Crippen MR) is 98.5 cm³/mol. The smallest absolute Gasteiger partial charge is 0.235 e. The lowest BCUT2D eigenvalue weighted by atomic mass is 10.1. The molecule has 0 saturated heterocycles. The number of rotatable bonds is 5. The Hall–Kier alpha value is -2.61. The first-order chi connectivity index (χ1) is 11.9. The van der Waals surface area contributed by atoms with Crippen molar-refractivity contribution in [2.24, 2.45) is 14.1 Å². The van der Waals surface area contributed by atoms with Crippen molar-refractivity contribution in [2.45, 2.75) is 19.0 Å². The predicted octanol–water partition coefficient (Wildman–Crippen LogP) is 2.56. The van der Waals surface area contributed by atoms with Crippen molar-refractivity contribution in [3.8, 4) is 11.4 Å². The summed E-state index contributed by atoms with van der Waals surface area (Å²) < 4.78 is 3.55. The minimum absolute atomic E-state index is 0.104. The molecule has 0 saturated carbocycles. The van der Waals surface area contributed by atoms with Gasteiger partial charge >= 0.3 is 0 Å². The summed E-state index contributed by atoms with van der Waals surface area (Å²) in [4.78, 5) is 12.1. The fraction of sp³-hybridized carbons (Fsp3) is 0.294. The second-order valence-corrected chi connectivity index (χ2v) is 6.81. The Labute approximate surface area is 150 Å². The number of aromatic nitrogens is 5. The normalized spacial score (nSPS) is 10.9. The van der Waals surface area contributed by atoms with Crippen LogP contribution in [0.1, 0.15) is 11.3 Å². The van der Waals surface area contributed by atoms with Crippen molar-refractivity contribution in [1.82, 2.24) is 24.5 Å². The molecular formula is C17H20N6OS. The molecule has 0 radical (unpaired) electrons. The van der Waals surface area contributed by atoms with E-state index in [0.29, 0.717) is 11.0 Å². The van der Waals surface area contributed by atoms with E-state index in [9.17, 15) is 4.79 Å². The van der Waals surface area contributed by atoms with E-state index in [2.05, 4.69) is 20.6 Å². The van der Waals surface area contributed by atoms with E-state index in [-0.39, 0.29) is 11.7 Å². The molecule has 3 rings (SSSR count). The summed E-state index contributed by atoms with van der Waals surface area (Å²) in [5.41, 5.74) is 3.06. The molecule has 0 atom stereocenters. The van der Waals surface area contributed by atoms with E-state index < -0.39 is 0 Å². The Morgan fingerprint density at radius 2 is 1.88 bits per heavy atom. The van der Waals surface area contributed by atoms with Crippen LogP contribution in [-0.2, 0) is 18.9 Å². The molecule has 1 N–H and O–H groups in total. The van der Waals surface area contributed by atoms with Gasteiger partial charge in [0.15, 0.2) is 11.0 Å². The van der Waals surface area contributed by atoms with Gasteiger partial charge in [-0.1, -0.05) is 41.6 Å². The quantitative estimate of drug-likeness (QED) is 0.711. The second kappa shape index (κ2) is 7.10. The summed E-state index contributed by atoms with van der Waals surface area (Å²) in [6, 6.07) is 9.96. The minimum atomic E-state index is -0.104. The zero-order chi connectivity index (χ0) is 18.0. The summed E-state index contributed by atoms with van der Waals surface area (Å²) in [7, 11) is 3.70. The molecule has 7 nitrogen and oxygen atoms in total. The van der Waals surface area contributed by atoms with E-state index in [0.717, 1.165) is 17.1 Å². The van der Waals surface area contributed by atoms with Crippen LogP contribution in [0.25, 0.3) is 11.4 Å². The molecule has 25 heavy (non-hydrogen) atoms. The Bertz CT molecular complexity index is 897. The van der Waals surface area contributed by atoms with E-state index in [1.54, 1.807) is 11.7 Å². The lowest BCUT2D eigenvalue weighted by molar-refractivity contribution is -0.113. The topological polar surface area (TPSA) is 77.6 Å². The van der Waals surface area contributed by atoms with Crippen molar-refractivity contribution >= 4 is 23.5 Å². The third kappa shape index (κ3) is 3.90. The lowest BCUT2D eigenvalue weighted by Gasteiger charge is -2.06. The molecule has 3 aromatic rings. The summed E-state index contributed by atoms with van der Waals surface area (Å²) in [6.07, 6.45) is 0. The highest BCUT2D eigenvalue weighted by atomic mass is 32.2. The number of aryl methyl sites for hydroxylation is 3. The molecule has 1 amide bonds. The second-order valence-electron chi connectivity index (χ2n) is 5.86. The van der Waals surface area contributed by atoms with Gasteiger partial charge in [-0.2, -0.15) is 5.10 Å². The number of carbonyl (C=O) groups is 1. The fourth-order valence-corrected chi connectivity index (χ4v) is 3.14. The Morgan fingerprint density at radius 1 is 1.16 bits per heavy atom. The highest BCUT2D eigenvalue weighted by Crippen LogP contribution is 2.23. The molecule has 0 unspecified atom stereocenters. The maximum absolute atomic E-state index is 12.1. The molecule has 0 aliphatic heterocycles. The van der Waals surface area contributed by atoms with Gasteiger partial charge in [-0.05, 0) is 13.8 Å². The number of nitrogens with one attached hydrogen (secondary N) is 1. The lowest BCUT2D eigenvalue weighted by Crippen LogP contribution is -2.16. The molecule has 0 aliphatic rings. The van der Waals surface area contributed by atoms with Gasteiger partial charge in [0, 0.05) is 25.7 Å². The maximum Gasteiger partial charge on any atom is 0.235 e. The molecule has 130 valence electrons. The van der Waals surface area contributed by atoms with Crippen molar-refractivity contribution in [1.29, 1.82) is 0 Å². The van der Waals surface area contributed by atoms with Crippen molar-refractivity contribution in [3.63, 3.8) is 0 Å². The van der Waals surface area contributed by atoms with Gasteiger partial charge in [0.1, 0.15) is 5.82 Å². The zero-order valence-corrected chi connectivity index (χ0v) is 15.5. The van der Waals surface area contributed by atoms with Gasteiger partial charge in [-0.15, -0.1) is 10.2 Å². The monoisotopic (exact) mass is 356 g/mol. The van der Waals surface area contributed by atoms with Crippen LogP contribution in [0.15, 0.2) is 35.5 Å². The molecule has 1 aromatic carbocycles. The van der Waals surface area contributed by atoms with Crippen LogP contribution in [0, 0.1) is 13.8 Å². The van der Waals surface area contributed by atoms with Crippen LogP contribution in [0.2, 0.25) is 0 Å². The molecule has 0 fully saturated rings. The van der Waals surface area contributed by atoms with Crippen LogP contribution in [0.4, 0.5) is 5.82 Å². The van der Waals surface area contributed by atoms with Crippen LogP contribution in [0.5, 0.6) is 0 Å². The fourth-order valence-electron chi connectivity index (χ4n) is 2.43. The van der Waals surface area contributed by atoms with Crippen LogP contribution >= 0.6 is 11.8 Å². The first kappa shape index (κ1) is 17.2. The number of nitrogens with zero attached hydrogens (tertiary/aromatic N) is 5. The van der Waals surface area contributed by atoms with Gasteiger partial charge in [0.2, 0.25) is 5.91 Å². The SMILES string of the molecule is Cc1ccc(-c2nnc(SCC(=O)Nc3cc(C)nn3C)n2C)cc1. The first-order valence-electron chi connectivity index (χ1n) is 7.84. The minimum Gasteiger partial charge on any atom is -0.310 e. The van der Waals surface area contributed by atoms with Crippen LogP contribution in [-0.4, -0.2) is 36.2 Å². The van der Waals surface area contributed by atoms with E-state index in [1.165, 1.54) is 17.3 Å². The summed E-state index contributed by atoms with van der Waals surface area (Å²) in [5.74, 6) is 1.61. The Balaban J connectivity index is 1.65. The van der Waals surface area contributed by atoms with Crippen molar-refractivity contribution < 1.29 is 4.79 Å². The Morgan fingerprint density at radius 3 is 2.52 bits per heavy atom. The third-order valence-electron chi connectivity index (χ3n) is 3.75. The van der Waals surface area contributed by atoms with E-state index in [4.69, 9.17) is 0 Å². The van der Waals surface area contributed by atoms with Gasteiger partial charge in [-0.3, -0.25) is 9.48 Å². The van der Waals surface area contributed by atoms with Crippen LogP contribution < -0.4 is 5.32 Å². The standard InChI is InChI=1S/C17H20N6OS/c1-11-5-7-13(8-6-11)16-19-20-17(22(16)3)25-10-15(24)18-14-9-12(2)21-23(14)4/h5-9H,10H2,1-4H3,(H,18,24). The molecule has 2 heterocycles. The average Bonchev–Trinajstić information content (AvgIpc) is 3.08. The van der Waals surface area contributed by atoms with Gasteiger partial charge in [0.25, 0.3) is 0 Å². The molecule has 2 aromatic heterocycles. The number of anilines is 1. The van der Waals surface area contributed by atoms with Crippen LogP contribution in [0.3, 0.4) is 0 Å². The Kier molecular flexibility index (Phi) is 4.89. The molecule has 8 heteroatoms. The number of carbonyl (C=O) groups excluding carboxylic acids is 1. The number of thioether (sulfide) groups is 1. The van der Waals surface area contributed by atoms with Crippen molar-refractivity contribution in [3.05, 3.63) is 41.6 Å². The highest BCUT2D eigenvalue weighted by Gasteiger charge is 2.13. The number of hydrogen-bond donors (Lipinski definition) is 1.